The number of halogens is 2. The number of amides is 2. The van der Waals surface area contributed by atoms with Gasteiger partial charge in [-0.2, -0.15) is 0 Å². The van der Waals surface area contributed by atoms with Crippen molar-refractivity contribution in [1.82, 2.24) is 5.32 Å². The predicted molar refractivity (Wildman–Crippen MR) is 92.0 cm³/mol. The highest BCUT2D eigenvalue weighted by Crippen LogP contribution is 2.25. The lowest BCUT2D eigenvalue weighted by molar-refractivity contribution is 0.247. The van der Waals surface area contributed by atoms with E-state index >= 15 is 0 Å². The van der Waals surface area contributed by atoms with Crippen LogP contribution < -0.4 is 15.4 Å². The van der Waals surface area contributed by atoms with E-state index in [0.29, 0.717) is 13.2 Å². The number of anilines is 1. The first-order chi connectivity index (χ1) is 12.1. The standard InChI is InChI=1S/C19H20F2N2O2/c20-17-8-6-15(12-18(17)21)23-19(24)22-9-10-25-16-7-5-13-3-1-2-4-14(13)11-16/h5-8,11-12H,1-4,9-10H2,(H2,22,23,24). The van der Waals surface area contributed by atoms with Gasteiger partial charge >= 0.3 is 6.03 Å². The normalized spacial score (nSPS) is 13.0. The largest absolute Gasteiger partial charge is 0.492 e. The smallest absolute Gasteiger partial charge is 0.319 e. The third-order valence-corrected chi connectivity index (χ3v) is 4.15. The van der Waals surface area contributed by atoms with Gasteiger partial charge < -0.3 is 15.4 Å². The molecule has 132 valence electrons. The third kappa shape index (κ3) is 4.68. The fraction of sp³-hybridized carbons (Fsp3) is 0.316. The van der Waals surface area contributed by atoms with Crippen LogP contribution in [0.4, 0.5) is 19.3 Å². The quantitative estimate of drug-likeness (QED) is 0.803. The van der Waals surface area contributed by atoms with Crippen molar-refractivity contribution in [3.8, 4) is 5.75 Å². The summed E-state index contributed by atoms with van der Waals surface area (Å²) in [7, 11) is 0. The zero-order valence-electron chi connectivity index (χ0n) is 13.8. The molecule has 0 atom stereocenters. The molecule has 0 saturated heterocycles. The Balaban J connectivity index is 1.42. The molecule has 0 aromatic heterocycles. The van der Waals surface area contributed by atoms with Gasteiger partial charge in [-0.05, 0) is 61.1 Å². The summed E-state index contributed by atoms with van der Waals surface area (Å²) >= 11 is 0. The maximum atomic E-state index is 13.1. The molecule has 2 N–H and O–H groups in total. The summed E-state index contributed by atoms with van der Waals surface area (Å²) in [6.07, 6.45) is 4.66. The molecule has 1 aliphatic carbocycles. The molecule has 0 heterocycles. The van der Waals surface area contributed by atoms with Crippen LogP contribution in [0.25, 0.3) is 0 Å². The molecule has 1 aliphatic rings. The van der Waals surface area contributed by atoms with E-state index in [1.165, 1.54) is 30.0 Å². The highest BCUT2D eigenvalue weighted by molar-refractivity contribution is 5.89. The first-order valence-electron chi connectivity index (χ1n) is 8.36. The minimum Gasteiger partial charge on any atom is -0.492 e. The maximum Gasteiger partial charge on any atom is 0.319 e. The Labute approximate surface area is 145 Å². The van der Waals surface area contributed by atoms with Gasteiger partial charge in [0.25, 0.3) is 0 Å². The number of rotatable bonds is 5. The molecule has 2 aromatic carbocycles. The molecule has 0 radical (unpaired) electrons. The van der Waals surface area contributed by atoms with Crippen molar-refractivity contribution >= 4 is 11.7 Å². The van der Waals surface area contributed by atoms with Gasteiger partial charge in [-0.1, -0.05) is 6.07 Å². The molecule has 2 amide bonds. The van der Waals surface area contributed by atoms with E-state index in [1.807, 2.05) is 6.07 Å². The van der Waals surface area contributed by atoms with Gasteiger partial charge in [0, 0.05) is 11.8 Å². The Bertz CT molecular complexity index is 765. The summed E-state index contributed by atoms with van der Waals surface area (Å²) in [4.78, 5) is 11.7. The van der Waals surface area contributed by atoms with Crippen LogP contribution in [-0.4, -0.2) is 19.2 Å². The molecule has 0 unspecified atom stereocenters. The molecule has 2 aromatic rings. The number of ether oxygens (including phenoxy) is 1. The summed E-state index contributed by atoms with van der Waals surface area (Å²) in [5.74, 6) is -1.17. The van der Waals surface area contributed by atoms with E-state index in [0.717, 1.165) is 30.7 Å². The minimum absolute atomic E-state index is 0.187. The van der Waals surface area contributed by atoms with Crippen LogP contribution in [0.15, 0.2) is 36.4 Å². The van der Waals surface area contributed by atoms with Gasteiger partial charge in [0.05, 0.1) is 6.54 Å². The number of hydrogen-bond acceptors (Lipinski definition) is 2. The first-order valence-corrected chi connectivity index (χ1v) is 8.36. The van der Waals surface area contributed by atoms with E-state index in [4.69, 9.17) is 4.74 Å². The van der Waals surface area contributed by atoms with Crippen molar-refractivity contribution in [2.45, 2.75) is 25.7 Å². The first kappa shape index (κ1) is 17.2. The van der Waals surface area contributed by atoms with Gasteiger partial charge in [-0.25, -0.2) is 13.6 Å². The second-order valence-corrected chi connectivity index (χ2v) is 6.00. The molecule has 4 nitrogen and oxygen atoms in total. The van der Waals surface area contributed by atoms with Crippen LogP contribution in [0.5, 0.6) is 5.75 Å². The summed E-state index contributed by atoms with van der Waals surface area (Å²) in [5.41, 5.74) is 2.92. The zero-order valence-corrected chi connectivity index (χ0v) is 13.8. The second kappa shape index (κ2) is 7.96. The Morgan fingerprint density at radius 1 is 1.00 bits per heavy atom. The molecule has 0 aliphatic heterocycles. The van der Waals surface area contributed by atoms with Crippen molar-refractivity contribution in [3.63, 3.8) is 0 Å². The molecule has 0 fully saturated rings. The predicted octanol–water partition coefficient (Wildman–Crippen LogP) is 4.04. The molecule has 0 spiro atoms. The SMILES string of the molecule is O=C(NCCOc1ccc2c(c1)CCCC2)Nc1ccc(F)c(F)c1. The monoisotopic (exact) mass is 346 g/mol. The van der Waals surface area contributed by atoms with Gasteiger partial charge in [0.15, 0.2) is 11.6 Å². The molecular formula is C19H20F2N2O2. The average Bonchev–Trinajstić information content (AvgIpc) is 2.62. The number of urea groups is 1. The van der Waals surface area contributed by atoms with Crippen LogP contribution in [0.3, 0.4) is 0 Å². The van der Waals surface area contributed by atoms with E-state index in [-0.39, 0.29) is 5.69 Å². The number of aryl methyl sites for hydroxylation is 2. The number of carbonyl (C=O) groups is 1. The van der Waals surface area contributed by atoms with Crippen molar-refractivity contribution in [2.24, 2.45) is 0 Å². The Morgan fingerprint density at radius 2 is 1.80 bits per heavy atom. The van der Waals surface area contributed by atoms with Gasteiger partial charge in [0.1, 0.15) is 12.4 Å². The summed E-state index contributed by atoms with van der Waals surface area (Å²) in [5, 5.41) is 5.04. The van der Waals surface area contributed by atoms with E-state index < -0.39 is 17.7 Å². The Hall–Kier alpha value is -2.63. The van der Waals surface area contributed by atoms with Crippen molar-refractivity contribution < 1.29 is 18.3 Å². The van der Waals surface area contributed by atoms with Crippen molar-refractivity contribution in [1.29, 1.82) is 0 Å². The van der Waals surface area contributed by atoms with Gasteiger partial charge in [0.2, 0.25) is 0 Å². The van der Waals surface area contributed by atoms with Gasteiger partial charge in [-0.15, -0.1) is 0 Å². The van der Waals surface area contributed by atoms with Crippen molar-refractivity contribution in [2.75, 3.05) is 18.5 Å². The van der Waals surface area contributed by atoms with Gasteiger partial charge in [-0.3, -0.25) is 0 Å². The molecule has 3 rings (SSSR count). The minimum atomic E-state index is -1.01. The molecule has 6 heteroatoms. The second-order valence-electron chi connectivity index (χ2n) is 6.00. The van der Waals surface area contributed by atoms with E-state index in [2.05, 4.69) is 22.8 Å². The van der Waals surface area contributed by atoms with Crippen LogP contribution in [-0.2, 0) is 12.8 Å². The van der Waals surface area contributed by atoms with Crippen LogP contribution in [0.1, 0.15) is 24.0 Å². The zero-order chi connectivity index (χ0) is 17.6. The van der Waals surface area contributed by atoms with E-state index in [9.17, 15) is 13.6 Å². The lowest BCUT2D eigenvalue weighted by atomic mass is 9.92. The molecule has 0 saturated carbocycles. The summed E-state index contributed by atoms with van der Waals surface area (Å²) in [6, 6.07) is 8.80. The number of hydrogen-bond donors (Lipinski definition) is 2. The molecule has 0 bridgehead atoms. The Morgan fingerprint density at radius 3 is 2.60 bits per heavy atom. The number of fused-ring (bicyclic) bond motifs is 1. The average molecular weight is 346 g/mol. The maximum absolute atomic E-state index is 13.1. The highest BCUT2D eigenvalue weighted by Gasteiger charge is 2.10. The fourth-order valence-corrected chi connectivity index (χ4v) is 2.88. The molecule has 25 heavy (non-hydrogen) atoms. The summed E-state index contributed by atoms with van der Waals surface area (Å²) in [6.45, 7) is 0.622. The Kier molecular flexibility index (Phi) is 5.48. The van der Waals surface area contributed by atoms with E-state index in [1.54, 1.807) is 0 Å². The van der Waals surface area contributed by atoms with Crippen LogP contribution >= 0.6 is 0 Å². The third-order valence-electron chi connectivity index (χ3n) is 4.15. The van der Waals surface area contributed by atoms with Crippen LogP contribution in [0, 0.1) is 11.6 Å². The number of benzene rings is 2. The highest BCUT2D eigenvalue weighted by atomic mass is 19.2. The fourth-order valence-electron chi connectivity index (χ4n) is 2.88. The summed E-state index contributed by atoms with van der Waals surface area (Å²) < 4.78 is 31.6. The topological polar surface area (TPSA) is 50.4 Å². The van der Waals surface area contributed by atoms with Crippen molar-refractivity contribution in [3.05, 3.63) is 59.2 Å². The number of nitrogens with one attached hydrogen (secondary N) is 2. The van der Waals surface area contributed by atoms with Crippen LogP contribution in [0.2, 0.25) is 0 Å². The lowest BCUT2D eigenvalue weighted by Crippen LogP contribution is -2.32. The molecular weight excluding hydrogens is 326 g/mol. The number of carbonyl (C=O) groups excluding carboxylic acids is 1. The lowest BCUT2D eigenvalue weighted by Gasteiger charge is -2.17.